The van der Waals surface area contributed by atoms with Crippen LogP contribution in [0.4, 0.5) is 18.0 Å². The number of carbonyl (C=O) groups is 2. The van der Waals surface area contributed by atoms with Crippen molar-refractivity contribution in [3.05, 3.63) is 76.7 Å². The number of urea groups is 1. The molecule has 0 saturated heterocycles. The zero-order valence-electron chi connectivity index (χ0n) is 16.2. The molecule has 1 atom stereocenters. The Morgan fingerprint density at radius 1 is 1.13 bits per heavy atom. The molecule has 1 heterocycles. The van der Waals surface area contributed by atoms with Crippen molar-refractivity contribution in [1.82, 2.24) is 10.2 Å². The van der Waals surface area contributed by atoms with Crippen molar-refractivity contribution >= 4 is 12.0 Å². The minimum Gasteiger partial charge on any atom is -0.484 e. The summed E-state index contributed by atoms with van der Waals surface area (Å²) in [6, 6.07) is 6.62. The van der Waals surface area contributed by atoms with Crippen LogP contribution in [-0.4, -0.2) is 37.2 Å². The summed E-state index contributed by atoms with van der Waals surface area (Å²) in [7, 11) is 1.40. The van der Waals surface area contributed by atoms with Gasteiger partial charge >= 0.3 is 12.0 Å². The second-order valence-electron chi connectivity index (χ2n) is 6.44. The fourth-order valence-corrected chi connectivity index (χ4v) is 3.06. The van der Waals surface area contributed by atoms with Crippen LogP contribution in [0.15, 0.2) is 53.7 Å². The van der Waals surface area contributed by atoms with Crippen LogP contribution in [0.25, 0.3) is 0 Å². The second-order valence-corrected chi connectivity index (χ2v) is 6.44. The molecule has 1 N–H and O–H groups in total. The number of benzene rings is 2. The van der Waals surface area contributed by atoms with Gasteiger partial charge in [0, 0.05) is 13.1 Å². The van der Waals surface area contributed by atoms with E-state index in [1.54, 1.807) is 13.0 Å². The Balaban J connectivity index is 2.04. The SMILES string of the molecule is CCOC(=O)C1=C(COc2ccc(F)cc2F)N(C)C(=O)NC1c1cccc(F)c1. The molecule has 6 nitrogen and oxygen atoms in total. The van der Waals surface area contributed by atoms with E-state index in [9.17, 15) is 22.8 Å². The Morgan fingerprint density at radius 2 is 1.87 bits per heavy atom. The summed E-state index contributed by atoms with van der Waals surface area (Å²) in [6.45, 7) is 1.30. The van der Waals surface area contributed by atoms with Crippen LogP contribution in [-0.2, 0) is 9.53 Å². The maximum atomic E-state index is 13.9. The van der Waals surface area contributed by atoms with Crippen molar-refractivity contribution in [2.45, 2.75) is 13.0 Å². The Labute approximate surface area is 170 Å². The molecule has 9 heteroatoms. The Hall–Kier alpha value is -3.49. The quantitative estimate of drug-likeness (QED) is 0.724. The predicted octanol–water partition coefficient (Wildman–Crippen LogP) is 3.70. The lowest BCUT2D eigenvalue weighted by atomic mass is 9.94. The molecule has 2 aromatic carbocycles. The van der Waals surface area contributed by atoms with Crippen LogP contribution < -0.4 is 10.1 Å². The average molecular weight is 420 g/mol. The molecule has 158 valence electrons. The summed E-state index contributed by atoms with van der Waals surface area (Å²) < 4.78 is 51.4. The molecule has 1 aliphatic heterocycles. The van der Waals surface area contributed by atoms with Gasteiger partial charge in [-0.15, -0.1) is 0 Å². The number of hydrogen-bond acceptors (Lipinski definition) is 4. The van der Waals surface area contributed by atoms with Crippen LogP contribution in [0.5, 0.6) is 5.75 Å². The summed E-state index contributed by atoms with van der Waals surface area (Å²) in [6.07, 6.45) is 0. The van der Waals surface area contributed by atoms with Gasteiger partial charge in [0.2, 0.25) is 0 Å². The molecule has 1 unspecified atom stereocenters. The van der Waals surface area contributed by atoms with Gasteiger partial charge in [0.15, 0.2) is 11.6 Å². The van der Waals surface area contributed by atoms with Crippen molar-refractivity contribution in [3.8, 4) is 5.75 Å². The number of esters is 1. The van der Waals surface area contributed by atoms with E-state index in [0.717, 1.165) is 17.0 Å². The summed E-state index contributed by atoms with van der Waals surface area (Å²) in [4.78, 5) is 26.3. The number of likely N-dealkylation sites (N-methyl/N-ethyl adjacent to an activating group) is 1. The largest absolute Gasteiger partial charge is 0.484 e. The zero-order chi connectivity index (χ0) is 21.8. The lowest BCUT2D eigenvalue weighted by molar-refractivity contribution is -0.139. The minimum absolute atomic E-state index is 0.0204. The van der Waals surface area contributed by atoms with Gasteiger partial charge in [-0.25, -0.2) is 22.8 Å². The molecule has 0 spiro atoms. The van der Waals surface area contributed by atoms with E-state index in [-0.39, 0.29) is 30.2 Å². The molecular formula is C21H19F3N2O4. The molecule has 30 heavy (non-hydrogen) atoms. The number of halogens is 3. The van der Waals surface area contributed by atoms with E-state index >= 15 is 0 Å². The van der Waals surface area contributed by atoms with Crippen LogP contribution in [0.3, 0.4) is 0 Å². The number of ether oxygens (including phenoxy) is 2. The lowest BCUT2D eigenvalue weighted by Crippen LogP contribution is -2.48. The third kappa shape index (κ3) is 4.40. The van der Waals surface area contributed by atoms with Crippen LogP contribution in [0.2, 0.25) is 0 Å². The molecule has 0 saturated carbocycles. The maximum Gasteiger partial charge on any atom is 0.338 e. The molecule has 0 fully saturated rings. The Morgan fingerprint density at radius 3 is 2.53 bits per heavy atom. The van der Waals surface area contributed by atoms with Crippen molar-refractivity contribution in [2.24, 2.45) is 0 Å². The van der Waals surface area contributed by atoms with Crippen molar-refractivity contribution in [3.63, 3.8) is 0 Å². The number of carbonyl (C=O) groups excluding carboxylic acids is 2. The monoisotopic (exact) mass is 420 g/mol. The number of hydrogen-bond donors (Lipinski definition) is 1. The molecule has 0 aliphatic carbocycles. The fourth-order valence-electron chi connectivity index (χ4n) is 3.06. The molecule has 0 aromatic heterocycles. The summed E-state index contributed by atoms with van der Waals surface area (Å²) in [5, 5.41) is 2.63. The van der Waals surface area contributed by atoms with E-state index < -0.39 is 35.5 Å². The van der Waals surface area contributed by atoms with Crippen molar-refractivity contribution < 1.29 is 32.2 Å². The highest BCUT2D eigenvalue weighted by Gasteiger charge is 2.37. The minimum atomic E-state index is -1.000. The van der Waals surface area contributed by atoms with E-state index in [0.29, 0.717) is 11.6 Å². The van der Waals surface area contributed by atoms with E-state index in [2.05, 4.69) is 5.32 Å². The highest BCUT2D eigenvalue weighted by atomic mass is 19.1. The van der Waals surface area contributed by atoms with Crippen LogP contribution in [0.1, 0.15) is 18.5 Å². The van der Waals surface area contributed by atoms with Crippen molar-refractivity contribution in [1.29, 1.82) is 0 Å². The van der Waals surface area contributed by atoms with Gasteiger partial charge in [0.1, 0.15) is 18.2 Å². The number of rotatable bonds is 6. The van der Waals surface area contributed by atoms with E-state index in [1.165, 1.54) is 25.2 Å². The first-order valence-electron chi connectivity index (χ1n) is 9.09. The lowest BCUT2D eigenvalue weighted by Gasteiger charge is -2.34. The molecule has 2 amide bonds. The summed E-state index contributed by atoms with van der Waals surface area (Å²) in [5.74, 6) is -3.25. The molecule has 3 rings (SSSR count). The average Bonchev–Trinajstić information content (AvgIpc) is 2.70. The maximum absolute atomic E-state index is 13.9. The smallest absolute Gasteiger partial charge is 0.338 e. The van der Waals surface area contributed by atoms with Crippen LogP contribution in [0, 0.1) is 17.5 Å². The first kappa shape index (κ1) is 21.2. The third-order valence-electron chi connectivity index (χ3n) is 4.51. The fraction of sp³-hybridized carbons (Fsp3) is 0.238. The summed E-state index contributed by atoms with van der Waals surface area (Å²) >= 11 is 0. The zero-order valence-corrected chi connectivity index (χ0v) is 16.2. The standard InChI is InChI=1S/C21H19F3N2O4/c1-3-29-20(27)18-16(11-30-17-8-7-14(23)10-15(17)24)26(2)21(28)25-19(18)12-5-4-6-13(22)9-12/h4-10,19H,3,11H2,1-2H3,(H,25,28). The predicted molar refractivity (Wildman–Crippen MR) is 101 cm³/mol. The Kier molecular flexibility index (Phi) is 6.29. The number of nitrogens with one attached hydrogen (secondary N) is 1. The first-order valence-corrected chi connectivity index (χ1v) is 9.09. The van der Waals surface area contributed by atoms with Gasteiger partial charge < -0.3 is 14.8 Å². The molecule has 1 aliphatic rings. The topological polar surface area (TPSA) is 67.9 Å². The van der Waals surface area contributed by atoms with Crippen molar-refractivity contribution in [2.75, 3.05) is 20.3 Å². The molecule has 0 bridgehead atoms. The first-order chi connectivity index (χ1) is 14.3. The van der Waals surface area contributed by atoms with Gasteiger partial charge in [-0.3, -0.25) is 4.90 Å². The highest BCUT2D eigenvalue weighted by Crippen LogP contribution is 2.32. The molecule has 0 radical (unpaired) electrons. The Bertz CT molecular complexity index is 1010. The molecule has 2 aromatic rings. The van der Waals surface area contributed by atoms with Gasteiger partial charge in [0.05, 0.1) is 23.9 Å². The van der Waals surface area contributed by atoms with Gasteiger partial charge in [0.25, 0.3) is 0 Å². The second kappa shape index (κ2) is 8.89. The summed E-state index contributed by atoms with van der Waals surface area (Å²) in [5.41, 5.74) is 0.451. The number of amides is 2. The van der Waals surface area contributed by atoms with Gasteiger partial charge in [-0.2, -0.15) is 0 Å². The highest BCUT2D eigenvalue weighted by molar-refractivity contribution is 5.95. The third-order valence-corrected chi connectivity index (χ3v) is 4.51. The van der Waals surface area contributed by atoms with Gasteiger partial charge in [-0.05, 0) is 36.8 Å². The van der Waals surface area contributed by atoms with Gasteiger partial charge in [-0.1, -0.05) is 12.1 Å². The molecular weight excluding hydrogens is 401 g/mol. The number of nitrogens with zero attached hydrogens (tertiary/aromatic N) is 1. The van der Waals surface area contributed by atoms with E-state index in [1.807, 2.05) is 0 Å². The normalized spacial score (nSPS) is 16.4. The van der Waals surface area contributed by atoms with E-state index in [4.69, 9.17) is 9.47 Å². The van der Waals surface area contributed by atoms with Crippen LogP contribution >= 0.6 is 0 Å².